The van der Waals surface area contributed by atoms with Gasteiger partial charge in [0, 0.05) is 42.2 Å². The minimum Gasteiger partial charge on any atom is -0.383 e. The van der Waals surface area contributed by atoms with Crippen LogP contribution < -0.4 is 10.6 Å². The van der Waals surface area contributed by atoms with E-state index in [0.717, 1.165) is 41.3 Å². The summed E-state index contributed by atoms with van der Waals surface area (Å²) < 4.78 is 0.987. The number of nitrogens with two attached hydrogens (primary N) is 1. The molecular formula is C18H24BrN5OS. The van der Waals surface area contributed by atoms with E-state index in [0.29, 0.717) is 12.4 Å². The lowest BCUT2D eigenvalue weighted by Crippen LogP contribution is -2.51. The quantitative estimate of drug-likeness (QED) is 0.555. The van der Waals surface area contributed by atoms with Gasteiger partial charge >= 0.3 is 0 Å². The highest BCUT2D eigenvalue weighted by Crippen LogP contribution is 2.27. The van der Waals surface area contributed by atoms with Crippen LogP contribution in [0.25, 0.3) is 0 Å². The fourth-order valence-electron chi connectivity index (χ4n) is 2.98. The van der Waals surface area contributed by atoms with Crippen LogP contribution in [0.15, 0.2) is 45.3 Å². The van der Waals surface area contributed by atoms with Gasteiger partial charge in [0.25, 0.3) is 0 Å². The summed E-state index contributed by atoms with van der Waals surface area (Å²) >= 11 is 5.08. The van der Waals surface area contributed by atoms with Gasteiger partial charge in [0.15, 0.2) is 11.1 Å². The smallest absolute Gasteiger partial charge is 0.191 e. The number of hydrogen-bond donors (Lipinski definition) is 2. The molecule has 0 amide bonds. The van der Waals surface area contributed by atoms with Crippen LogP contribution in [0.1, 0.15) is 18.9 Å². The van der Waals surface area contributed by atoms with E-state index in [1.807, 2.05) is 42.8 Å². The van der Waals surface area contributed by atoms with Gasteiger partial charge in [0.05, 0.1) is 6.54 Å². The van der Waals surface area contributed by atoms with E-state index in [4.69, 9.17) is 5.73 Å². The van der Waals surface area contributed by atoms with Crippen LogP contribution in [0.3, 0.4) is 0 Å². The van der Waals surface area contributed by atoms with Gasteiger partial charge in [-0.1, -0.05) is 35.0 Å². The minimum atomic E-state index is -1.01. The maximum atomic E-state index is 11.0. The Morgan fingerprint density at radius 3 is 2.58 bits per heavy atom. The van der Waals surface area contributed by atoms with E-state index >= 15 is 0 Å². The van der Waals surface area contributed by atoms with Crippen molar-refractivity contribution in [1.82, 2.24) is 9.88 Å². The monoisotopic (exact) mass is 437 g/mol. The molecular weight excluding hydrogens is 414 g/mol. The standard InChI is InChI=1S/C18H24BrN5OS/c1-2-18(25,14-3-5-15(19)6-4-14)13-22-16(20)23-8-10-24(11-9-23)17-21-7-12-26-17/h3-7,12,25H,2,8-11,13H2,1H3,(H2,20,22). The lowest BCUT2D eigenvalue weighted by molar-refractivity contribution is 0.0421. The first-order valence-corrected chi connectivity index (χ1v) is 10.4. The molecule has 0 bridgehead atoms. The molecule has 2 heterocycles. The molecule has 1 unspecified atom stereocenters. The van der Waals surface area contributed by atoms with Crippen molar-refractivity contribution in [2.75, 3.05) is 37.6 Å². The Morgan fingerprint density at radius 1 is 1.31 bits per heavy atom. The molecule has 26 heavy (non-hydrogen) atoms. The number of nitrogens with zero attached hydrogens (tertiary/aromatic N) is 4. The topological polar surface area (TPSA) is 78.0 Å². The van der Waals surface area contributed by atoms with E-state index in [1.165, 1.54) is 0 Å². The van der Waals surface area contributed by atoms with Gasteiger partial charge in [-0.2, -0.15) is 0 Å². The highest BCUT2D eigenvalue weighted by Gasteiger charge is 2.28. The number of aromatic nitrogens is 1. The van der Waals surface area contributed by atoms with Gasteiger partial charge in [0.2, 0.25) is 0 Å². The maximum Gasteiger partial charge on any atom is 0.191 e. The molecule has 0 radical (unpaired) electrons. The zero-order valence-corrected chi connectivity index (χ0v) is 17.2. The highest BCUT2D eigenvalue weighted by atomic mass is 79.9. The first-order valence-electron chi connectivity index (χ1n) is 8.69. The SMILES string of the molecule is CCC(O)(CN=C(N)N1CCN(c2nccs2)CC1)c1ccc(Br)cc1. The molecule has 8 heteroatoms. The highest BCUT2D eigenvalue weighted by molar-refractivity contribution is 9.10. The van der Waals surface area contributed by atoms with Crippen LogP contribution in [0.4, 0.5) is 5.13 Å². The Kier molecular flexibility index (Phi) is 6.16. The Hall–Kier alpha value is -1.64. The van der Waals surface area contributed by atoms with Crippen molar-refractivity contribution in [2.24, 2.45) is 10.7 Å². The summed E-state index contributed by atoms with van der Waals surface area (Å²) in [6.45, 7) is 5.56. The molecule has 1 fully saturated rings. The van der Waals surface area contributed by atoms with Crippen molar-refractivity contribution in [3.63, 3.8) is 0 Å². The average Bonchev–Trinajstić information content (AvgIpc) is 3.21. The number of piperazine rings is 1. The summed E-state index contributed by atoms with van der Waals surface area (Å²) in [6, 6.07) is 7.71. The first-order chi connectivity index (χ1) is 12.5. The van der Waals surface area contributed by atoms with Gasteiger partial charge in [-0.25, -0.2) is 9.98 Å². The third-order valence-electron chi connectivity index (χ3n) is 4.76. The van der Waals surface area contributed by atoms with Crippen molar-refractivity contribution in [2.45, 2.75) is 18.9 Å². The van der Waals surface area contributed by atoms with E-state index in [1.54, 1.807) is 11.3 Å². The molecule has 1 aromatic carbocycles. The summed E-state index contributed by atoms with van der Waals surface area (Å²) in [4.78, 5) is 13.2. The number of hydrogen-bond acceptors (Lipinski definition) is 5. The predicted molar refractivity (Wildman–Crippen MR) is 111 cm³/mol. The second-order valence-electron chi connectivity index (χ2n) is 6.36. The number of aliphatic hydroxyl groups is 1. The molecule has 1 aliphatic rings. The van der Waals surface area contributed by atoms with Gasteiger partial charge in [-0.3, -0.25) is 0 Å². The third-order valence-corrected chi connectivity index (χ3v) is 6.12. The summed E-state index contributed by atoms with van der Waals surface area (Å²) in [5, 5.41) is 14.0. The van der Waals surface area contributed by atoms with Gasteiger partial charge in [-0.15, -0.1) is 11.3 Å². The predicted octanol–water partition coefficient (Wildman–Crippen LogP) is 2.64. The Bertz CT molecular complexity index is 729. The largest absolute Gasteiger partial charge is 0.383 e. The third kappa shape index (κ3) is 4.36. The summed E-state index contributed by atoms with van der Waals surface area (Å²) in [5.74, 6) is 0.493. The van der Waals surface area contributed by atoms with Crippen LogP contribution in [-0.4, -0.2) is 53.7 Å². The maximum absolute atomic E-state index is 11.0. The summed E-state index contributed by atoms with van der Waals surface area (Å²) in [6.07, 6.45) is 2.40. The molecule has 1 saturated heterocycles. The van der Waals surface area contributed by atoms with E-state index in [9.17, 15) is 5.11 Å². The van der Waals surface area contributed by atoms with Crippen molar-refractivity contribution < 1.29 is 5.11 Å². The van der Waals surface area contributed by atoms with Gasteiger partial charge in [-0.05, 0) is 24.1 Å². The molecule has 0 aliphatic carbocycles. The van der Waals surface area contributed by atoms with E-state index in [2.05, 4.69) is 35.7 Å². The Labute approximate surface area is 166 Å². The second kappa shape index (κ2) is 8.37. The van der Waals surface area contributed by atoms with Crippen molar-refractivity contribution in [1.29, 1.82) is 0 Å². The molecule has 3 N–H and O–H groups in total. The molecule has 1 aromatic heterocycles. The van der Waals surface area contributed by atoms with Crippen LogP contribution in [0.2, 0.25) is 0 Å². The number of benzene rings is 1. The van der Waals surface area contributed by atoms with Crippen molar-refractivity contribution >= 4 is 38.4 Å². The molecule has 1 atom stereocenters. The molecule has 2 aromatic rings. The lowest BCUT2D eigenvalue weighted by Gasteiger charge is -2.35. The fraction of sp³-hybridized carbons (Fsp3) is 0.444. The minimum absolute atomic E-state index is 0.254. The van der Waals surface area contributed by atoms with Crippen LogP contribution in [0.5, 0.6) is 0 Å². The van der Waals surface area contributed by atoms with Gasteiger partial charge < -0.3 is 20.6 Å². The lowest BCUT2D eigenvalue weighted by atomic mass is 9.91. The fourth-order valence-corrected chi connectivity index (χ4v) is 3.94. The number of rotatable bonds is 5. The van der Waals surface area contributed by atoms with E-state index < -0.39 is 5.60 Å². The number of thiazole rings is 1. The summed E-state index contributed by atoms with van der Waals surface area (Å²) in [7, 11) is 0. The summed E-state index contributed by atoms with van der Waals surface area (Å²) in [5.41, 5.74) is 6.05. The number of guanidine groups is 1. The number of aliphatic imine (C=N–C) groups is 1. The molecule has 140 valence electrons. The number of anilines is 1. The number of halogens is 1. The normalized spacial score (nSPS) is 18.0. The molecule has 6 nitrogen and oxygen atoms in total. The molecule has 0 saturated carbocycles. The Morgan fingerprint density at radius 2 is 2.00 bits per heavy atom. The van der Waals surface area contributed by atoms with Crippen LogP contribution in [0, 0.1) is 0 Å². The Balaban J connectivity index is 1.61. The van der Waals surface area contributed by atoms with Gasteiger partial charge in [0.1, 0.15) is 5.60 Å². The van der Waals surface area contributed by atoms with Crippen molar-refractivity contribution in [3.8, 4) is 0 Å². The second-order valence-corrected chi connectivity index (χ2v) is 8.14. The molecule has 0 spiro atoms. The zero-order valence-electron chi connectivity index (χ0n) is 14.8. The van der Waals surface area contributed by atoms with Crippen LogP contribution in [-0.2, 0) is 5.60 Å². The van der Waals surface area contributed by atoms with E-state index in [-0.39, 0.29) is 6.54 Å². The van der Waals surface area contributed by atoms with Crippen molar-refractivity contribution in [3.05, 3.63) is 45.9 Å². The zero-order chi connectivity index (χ0) is 18.6. The molecule has 3 rings (SSSR count). The average molecular weight is 438 g/mol. The van der Waals surface area contributed by atoms with Crippen LogP contribution >= 0.6 is 27.3 Å². The molecule has 1 aliphatic heterocycles. The first kappa shape index (κ1) is 19.1.